The first-order valence-corrected chi connectivity index (χ1v) is 5.60. The summed E-state index contributed by atoms with van der Waals surface area (Å²) >= 11 is 0. The van der Waals surface area contributed by atoms with Gasteiger partial charge in [-0.1, -0.05) is 19.1 Å². The lowest BCUT2D eigenvalue weighted by Gasteiger charge is -2.21. The molecule has 0 saturated carbocycles. The third-order valence-electron chi connectivity index (χ3n) is 3.06. The van der Waals surface area contributed by atoms with Crippen molar-refractivity contribution in [3.63, 3.8) is 0 Å². The monoisotopic (exact) mass is 239 g/mol. The minimum atomic E-state index is -0.269. The number of halogens is 1. The Morgan fingerprint density at radius 1 is 1.41 bits per heavy atom. The predicted octanol–water partition coefficient (Wildman–Crippen LogP) is 2.07. The molecule has 1 aromatic rings. The second-order valence-electron chi connectivity index (χ2n) is 4.12. The number of rotatable bonds is 5. The standard InChI is InChI=1S/C13H18FNO2/c1-9(10-3-5-12(14)6-4-10)11(8-15)7-13(16)17-2/h3-6,9,11H,7-8,15H2,1-2H3. The third kappa shape index (κ3) is 3.82. The first-order chi connectivity index (χ1) is 8.08. The van der Waals surface area contributed by atoms with Crippen molar-refractivity contribution in [1.29, 1.82) is 0 Å². The number of ether oxygens (including phenoxy) is 1. The van der Waals surface area contributed by atoms with Gasteiger partial charge in [0, 0.05) is 0 Å². The van der Waals surface area contributed by atoms with Crippen molar-refractivity contribution in [2.24, 2.45) is 11.7 Å². The molecule has 17 heavy (non-hydrogen) atoms. The molecule has 0 heterocycles. The Hall–Kier alpha value is -1.42. The van der Waals surface area contributed by atoms with Gasteiger partial charge in [-0.25, -0.2) is 4.39 Å². The van der Waals surface area contributed by atoms with Gasteiger partial charge in [-0.3, -0.25) is 4.79 Å². The van der Waals surface area contributed by atoms with E-state index in [1.807, 2.05) is 6.92 Å². The highest BCUT2D eigenvalue weighted by molar-refractivity contribution is 5.69. The van der Waals surface area contributed by atoms with Gasteiger partial charge >= 0.3 is 5.97 Å². The highest BCUT2D eigenvalue weighted by Crippen LogP contribution is 2.26. The summed E-state index contributed by atoms with van der Waals surface area (Å²) in [6.45, 7) is 2.38. The third-order valence-corrected chi connectivity index (χ3v) is 3.06. The molecule has 3 nitrogen and oxygen atoms in total. The number of methoxy groups -OCH3 is 1. The Balaban J connectivity index is 2.74. The lowest BCUT2D eigenvalue weighted by atomic mass is 9.85. The Kier molecular flexibility index (Phi) is 5.10. The Bertz CT molecular complexity index is 364. The molecule has 2 unspecified atom stereocenters. The summed E-state index contributed by atoms with van der Waals surface area (Å²) < 4.78 is 17.4. The Labute approximate surface area is 101 Å². The van der Waals surface area contributed by atoms with E-state index >= 15 is 0 Å². The second-order valence-corrected chi connectivity index (χ2v) is 4.12. The van der Waals surface area contributed by atoms with Gasteiger partial charge in [-0.05, 0) is 36.1 Å². The van der Waals surface area contributed by atoms with Crippen molar-refractivity contribution >= 4 is 5.97 Å². The van der Waals surface area contributed by atoms with Crippen LogP contribution in [0.2, 0.25) is 0 Å². The first kappa shape index (κ1) is 13.6. The van der Waals surface area contributed by atoms with E-state index in [1.165, 1.54) is 19.2 Å². The fourth-order valence-electron chi connectivity index (χ4n) is 1.80. The molecule has 4 heteroatoms. The van der Waals surface area contributed by atoms with E-state index < -0.39 is 0 Å². The van der Waals surface area contributed by atoms with Crippen molar-refractivity contribution in [1.82, 2.24) is 0 Å². The van der Waals surface area contributed by atoms with Crippen LogP contribution in [0, 0.1) is 11.7 Å². The van der Waals surface area contributed by atoms with Crippen LogP contribution >= 0.6 is 0 Å². The number of nitrogens with two attached hydrogens (primary N) is 1. The van der Waals surface area contributed by atoms with Crippen molar-refractivity contribution in [2.75, 3.05) is 13.7 Å². The Morgan fingerprint density at radius 3 is 2.47 bits per heavy atom. The molecule has 0 spiro atoms. The van der Waals surface area contributed by atoms with Crippen LogP contribution in [0.5, 0.6) is 0 Å². The van der Waals surface area contributed by atoms with E-state index in [-0.39, 0.29) is 30.0 Å². The zero-order chi connectivity index (χ0) is 12.8. The highest BCUT2D eigenvalue weighted by Gasteiger charge is 2.21. The van der Waals surface area contributed by atoms with E-state index in [4.69, 9.17) is 5.73 Å². The van der Waals surface area contributed by atoms with Crippen LogP contribution in [0.1, 0.15) is 24.8 Å². The van der Waals surface area contributed by atoms with Crippen LogP contribution in [-0.4, -0.2) is 19.6 Å². The van der Waals surface area contributed by atoms with Crippen LogP contribution in [-0.2, 0) is 9.53 Å². The molecule has 0 bridgehead atoms. The van der Waals surface area contributed by atoms with Crippen LogP contribution in [0.15, 0.2) is 24.3 Å². The van der Waals surface area contributed by atoms with Gasteiger partial charge in [0.1, 0.15) is 5.82 Å². The van der Waals surface area contributed by atoms with E-state index in [1.54, 1.807) is 12.1 Å². The average Bonchev–Trinajstić information content (AvgIpc) is 2.35. The zero-order valence-electron chi connectivity index (χ0n) is 10.2. The molecule has 94 valence electrons. The molecule has 1 aromatic carbocycles. The van der Waals surface area contributed by atoms with Gasteiger partial charge in [-0.15, -0.1) is 0 Å². The molecular weight excluding hydrogens is 221 g/mol. The average molecular weight is 239 g/mol. The minimum absolute atomic E-state index is 0.00733. The fraction of sp³-hybridized carbons (Fsp3) is 0.462. The van der Waals surface area contributed by atoms with E-state index in [0.717, 1.165) is 5.56 Å². The van der Waals surface area contributed by atoms with Crippen molar-refractivity contribution in [2.45, 2.75) is 19.3 Å². The molecule has 0 aliphatic heterocycles. The molecular formula is C13H18FNO2. The highest BCUT2D eigenvalue weighted by atomic mass is 19.1. The summed E-state index contributed by atoms with van der Waals surface area (Å²) in [5.74, 6) is -0.430. The second kappa shape index (κ2) is 6.35. The summed E-state index contributed by atoms with van der Waals surface area (Å²) in [6.07, 6.45) is 0.283. The smallest absolute Gasteiger partial charge is 0.305 e. The molecule has 2 N–H and O–H groups in total. The summed E-state index contributed by atoms with van der Waals surface area (Å²) in [7, 11) is 1.36. The molecule has 2 atom stereocenters. The van der Waals surface area contributed by atoms with Gasteiger partial charge in [0.05, 0.1) is 13.5 Å². The van der Waals surface area contributed by atoms with E-state index in [0.29, 0.717) is 6.54 Å². The molecule has 0 fully saturated rings. The normalized spacial score (nSPS) is 14.1. The molecule has 0 aliphatic rings. The lowest BCUT2D eigenvalue weighted by Crippen LogP contribution is -2.24. The van der Waals surface area contributed by atoms with Gasteiger partial charge < -0.3 is 10.5 Å². The Morgan fingerprint density at radius 2 is 2.00 bits per heavy atom. The zero-order valence-corrected chi connectivity index (χ0v) is 10.2. The summed E-state index contributed by atoms with van der Waals surface area (Å²) in [5, 5.41) is 0. The number of benzene rings is 1. The molecule has 0 amide bonds. The largest absolute Gasteiger partial charge is 0.469 e. The van der Waals surface area contributed by atoms with E-state index in [2.05, 4.69) is 4.74 Å². The van der Waals surface area contributed by atoms with Crippen LogP contribution in [0.25, 0.3) is 0 Å². The molecule has 0 radical (unpaired) electrons. The predicted molar refractivity (Wildman–Crippen MR) is 64.0 cm³/mol. The number of hydrogen-bond donors (Lipinski definition) is 1. The summed E-state index contributed by atoms with van der Waals surface area (Å²) in [6, 6.07) is 6.27. The van der Waals surface area contributed by atoms with Crippen molar-refractivity contribution in [3.05, 3.63) is 35.6 Å². The van der Waals surface area contributed by atoms with Crippen LogP contribution < -0.4 is 5.73 Å². The molecule has 1 rings (SSSR count). The first-order valence-electron chi connectivity index (χ1n) is 5.60. The number of hydrogen-bond acceptors (Lipinski definition) is 3. The maximum Gasteiger partial charge on any atom is 0.305 e. The van der Waals surface area contributed by atoms with Crippen LogP contribution in [0.4, 0.5) is 4.39 Å². The van der Waals surface area contributed by atoms with Gasteiger partial charge in [-0.2, -0.15) is 0 Å². The maximum atomic E-state index is 12.8. The van der Waals surface area contributed by atoms with Gasteiger partial charge in [0.25, 0.3) is 0 Å². The SMILES string of the molecule is COC(=O)CC(CN)C(C)c1ccc(F)cc1. The van der Waals surface area contributed by atoms with Gasteiger partial charge in [0.2, 0.25) is 0 Å². The van der Waals surface area contributed by atoms with Gasteiger partial charge in [0.15, 0.2) is 0 Å². The summed E-state index contributed by atoms with van der Waals surface area (Å²) in [5.41, 5.74) is 6.64. The number of carbonyl (C=O) groups excluding carboxylic acids is 1. The number of carbonyl (C=O) groups is 1. The number of esters is 1. The molecule has 0 saturated heterocycles. The molecule has 0 aromatic heterocycles. The fourth-order valence-corrected chi connectivity index (χ4v) is 1.80. The topological polar surface area (TPSA) is 52.3 Å². The maximum absolute atomic E-state index is 12.8. The van der Waals surface area contributed by atoms with Crippen molar-refractivity contribution < 1.29 is 13.9 Å². The quantitative estimate of drug-likeness (QED) is 0.800. The van der Waals surface area contributed by atoms with Crippen molar-refractivity contribution in [3.8, 4) is 0 Å². The molecule has 0 aliphatic carbocycles. The van der Waals surface area contributed by atoms with E-state index in [9.17, 15) is 9.18 Å². The summed E-state index contributed by atoms with van der Waals surface area (Å²) in [4.78, 5) is 11.2. The lowest BCUT2D eigenvalue weighted by molar-refractivity contribution is -0.141. The van der Waals surface area contributed by atoms with Crippen LogP contribution in [0.3, 0.4) is 0 Å². The minimum Gasteiger partial charge on any atom is -0.469 e.